The van der Waals surface area contributed by atoms with Crippen LogP contribution in [-0.4, -0.2) is 35.7 Å². The van der Waals surface area contributed by atoms with Crippen LogP contribution in [0.3, 0.4) is 0 Å². The monoisotopic (exact) mass is 481 g/mol. The molecule has 0 aromatic heterocycles. The van der Waals surface area contributed by atoms with E-state index in [1.165, 1.54) is 5.56 Å². The lowest BCUT2D eigenvalue weighted by atomic mass is 9.86. The fourth-order valence-electron chi connectivity index (χ4n) is 4.53. The van der Waals surface area contributed by atoms with Crippen LogP contribution in [0.5, 0.6) is 23.0 Å². The van der Waals surface area contributed by atoms with E-state index in [1.54, 1.807) is 7.11 Å². The van der Waals surface area contributed by atoms with Gasteiger partial charge in [-0.05, 0) is 48.2 Å². The lowest BCUT2D eigenvalue weighted by Crippen LogP contribution is -2.41. The van der Waals surface area contributed by atoms with Gasteiger partial charge in [0.25, 0.3) is 0 Å². The Morgan fingerprint density at radius 2 is 1.94 bits per heavy atom. The fourth-order valence-corrected chi connectivity index (χ4v) is 5.21. The Hall–Kier alpha value is -1.95. The van der Waals surface area contributed by atoms with Crippen LogP contribution in [0.1, 0.15) is 41.6 Å². The highest BCUT2D eigenvalue weighted by atomic mass is 35.6. The normalized spacial score (nSPS) is 18.7. The molecule has 0 radical (unpaired) electrons. The van der Waals surface area contributed by atoms with Gasteiger partial charge in [0.1, 0.15) is 6.04 Å². The molecule has 2 aromatic rings. The summed E-state index contributed by atoms with van der Waals surface area (Å²) < 4.78 is 21.3. The number of fused-ring (bicyclic) bond motifs is 5. The third-order valence-corrected chi connectivity index (χ3v) is 6.48. The second-order valence-electron chi connectivity index (χ2n) is 7.73. The molecule has 1 atom stereocenters. The molecule has 0 N–H and O–H groups in total. The molecule has 0 amide bonds. The molecular formula is C23H22Cl3NO4. The van der Waals surface area contributed by atoms with Crippen LogP contribution in [0.4, 0.5) is 0 Å². The van der Waals surface area contributed by atoms with E-state index >= 15 is 0 Å². The first-order valence-electron chi connectivity index (χ1n) is 10.2. The molecule has 2 aromatic carbocycles. The molecule has 0 unspecified atom stereocenters. The fraction of sp³-hybridized carbons (Fsp3) is 0.391. The smallest absolute Gasteiger partial charge is 0.231 e. The van der Waals surface area contributed by atoms with E-state index in [9.17, 15) is 0 Å². The molecular weight excluding hydrogens is 461 g/mol. The molecule has 3 aliphatic rings. The van der Waals surface area contributed by atoms with E-state index in [0.29, 0.717) is 24.7 Å². The Morgan fingerprint density at radius 3 is 2.65 bits per heavy atom. The Bertz CT molecular complexity index is 1060. The standard InChI is InChI=1S/C23H22Cl3NO4/c1-3-8-29-21-17(28-2)5-4-14-9-16-15-11-19-18(30-12-31-19)10-13(15)6-7-27(16)22(20(14)21)23(24,25)26/h4-5,9-11,22H,3,6-8,12H2,1-2H3/t22-/m1/s1. The summed E-state index contributed by atoms with van der Waals surface area (Å²) in [5, 5.41) is 0. The molecule has 0 bridgehead atoms. The number of benzene rings is 2. The SMILES string of the molecule is CCCOc1c(OC)ccc2c1[C@H](C(Cl)(Cl)Cl)N1CCc3cc4c(cc3C1=C2)OCO4. The van der Waals surface area contributed by atoms with Crippen LogP contribution in [0.2, 0.25) is 0 Å². The van der Waals surface area contributed by atoms with E-state index in [1.807, 2.05) is 18.2 Å². The molecule has 0 fully saturated rings. The minimum absolute atomic E-state index is 0.235. The maximum Gasteiger partial charge on any atom is 0.231 e. The van der Waals surface area contributed by atoms with Gasteiger partial charge >= 0.3 is 0 Å². The highest BCUT2D eigenvalue weighted by Crippen LogP contribution is 2.56. The largest absolute Gasteiger partial charge is 0.493 e. The minimum atomic E-state index is -1.58. The van der Waals surface area contributed by atoms with Crippen molar-refractivity contribution in [1.82, 2.24) is 4.90 Å². The summed E-state index contributed by atoms with van der Waals surface area (Å²) in [6.07, 6.45) is 3.78. The first-order chi connectivity index (χ1) is 14.9. The number of halogens is 3. The zero-order valence-corrected chi connectivity index (χ0v) is 19.5. The number of methoxy groups -OCH3 is 1. The van der Waals surface area contributed by atoms with Crippen LogP contribution in [0.15, 0.2) is 24.3 Å². The van der Waals surface area contributed by atoms with Crippen LogP contribution in [-0.2, 0) is 6.42 Å². The third kappa shape index (κ3) is 3.47. The summed E-state index contributed by atoms with van der Waals surface area (Å²) in [7, 11) is 1.62. The Morgan fingerprint density at radius 1 is 1.16 bits per heavy atom. The van der Waals surface area contributed by atoms with Crippen molar-refractivity contribution in [2.24, 2.45) is 0 Å². The Balaban J connectivity index is 1.72. The molecule has 5 rings (SSSR count). The minimum Gasteiger partial charge on any atom is -0.493 e. The highest BCUT2D eigenvalue weighted by Gasteiger charge is 2.46. The summed E-state index contributed by atoms with van der Waals surface area (Å²) in [5.74, 6) is 2.77. The van der Waals surface area contributed by atoms with Crippen molar-refractivity contribution in [1.29, 1.82) is 0 Å². The number of alkyl halides is 3. The van der Waals surface area contributed by atoms with Gasteiger partial charge in [-0.25, -0.2) is 0 Å². The Labute approximate surface area is 196 Å². The van der Waals surface area contributed by atoms with Gasteiger partial charge in [-0.1, -0.05) is 47.8 Å². The van der Waals surface area contributed by atoms with Gasteiger partial charge in [-0.2, -0.15) is 0 Å². The van der Waals surface area contributed by atoms with E-state index in [4.69, 9.17) is 53.8 Å². The lowest BCUT2D eigenvalue weighted by Gasteiger charge is -2.45. The number of rotatable bonds is 4. The second kappa shape index (κ2) is 7.88. The van der Waals surface area contributed by atoms with Crippen molar-refractivity contribution in [2.75, 3.05) is 27.1 Å². The second-order valence-corrected chi connectivity index (χ2v) is 10.1. The van der Waals surface area contributed by atoms with Crippen molar-refractivity contribution < 1.29 is 18.9 Å². The molecule has 3 heterocycles. The predicted molar refractivity (Wildman–Crippen MR) is 123 cm³/mol. The van der Waals surface area contributed by atoms with Crippen molar-refractivity contribution in [3.05, 3.63) is 46.5 Å². The average Bonchev–Trinajstić information content (AvgIpc) is 3.20. The Kier molecular flexibility index (Phi) is 5.32. The summed E-state index contributed by atoms with van der Waals surface area (Å²) in [5.41, 5.74) is 5.03. The molecule has 0 spiro atoms. The van der Waals surface area contributed by atoms with Crippen LogP contribution in [0, 0.1) is 0 Å². The van der Waals surface area contributed by atoms with E-state index in [-0.39, 0.29) is 6.79 Å². The van der Waals surface area contributed by atoms with Crippen LogP contribution in [0.25, 0.3) is 11.8 Å². The molecule has 0 saturated heterocycles. The van der Waals surface area contributed by atoms with Gasteiger partial charge in [-0.15, -0.1) is 0 Å². The number of nitrogens with zero attached hydrogens (tertiary/aromatic N) is 1. The van der Waals surface area contributed by atoms with Gasteiger partial charge in [0.05, 0.1) is 13.7 Å². The average molecular weight is 483 g/mol. The quantitative estimate of drug-likeness (QED) is 0.500. The zero-order valence-electron chi connectivity index (χ0n) is 17.2. The van der Waals surface area contributed by atoms with Crippen molar-refractivity contribution in [3.63, 3.8) is 0 Å². The number of hydrogen-bond acceptors (Lipinski definition) is 5. The lowest BCUT2D eigenvalue weighted by molar-refractivity contribution is 0.174. The van der Waals surface area contributed by atoms with Gasteiger partial charge in [-0.3, -0.25) is 0 Å². The van der Waals surface area contributed by atoms with Gasteiger partial charge in [0.2, 0.25) is 10.6 Å². The van der Waals surface area contributed by atoms with Crippen molar-refractivity contribution in [2.45, 2.75) is 29.6 Å². The summed E-state index contributed by atoms with van der Waals surface area (Å²) in [6.45, 7) is 3.53. The zero-order chi connectivity index (χ0) is 21.8. The topological polar surface area (TPSA) is 40.2 Å². The summed E-state index contributed by atoms with van der Waals surface area (Å²) >= 11 is 19.8. The van der Waals surface area contributed by atoms with Gasteiger partial charge in [0.15, 0.2) is 23.0 Å². The molecule has 0 saturated carbocycles. The third-order valence-electron chi connectivity index (χ3n) is 5.86. The van der Waals surface area contributed by atoms with Crippen molar-refractivity contribution in [3.8, 4) is 23.0 Å². The van der Waals surface area contributed by atoms with Gasteiger partial charge < -0.3 is 23.8 Å². The van der Waals surface area contributed by atoms with Crippen LogP contribution < -0.4 is 18.9 Å². The van der Waals surface area contributed by atoms with E-state index in [2.05, 4.69) is 24.0 Å². The number of hydrogen-bond donors (Lipinski definition) is 0. The summed E-state index contributed by atoms with van der Waals surface area (Å²) in [6, 6.07) is 7.43. The first-order valence-corrected chi connectivity index (χ1v) is 11.4. The predicted octanol–water partition coefficient (Wildman–Crippen LogP) is 5.99. The van der Waals surface area contributed by atoms with Gasteiger partial charge in [0, 0.05) is 23.4 Å². The maximum atomic E-state index is 6.60. The first kappa shape index (κ1) is 20.9. The number of ether oxygens (including phenoxy) is 4. The maximum absolute atomic E-state index is 6.60. The molecule has 5 nitrogen and oxygen atoms in total. The van der Waals surface area contributed by atoms with Crippen molar-refractivity contribution >= 4 is 46.6 Å². The molecule has 0 aliphatic carbocycles. The highest BCUT2D eigenvalue weighted by molar-refractivity contribution is 6.68. The summed E-state index contributed by atoms with van der Waals surface area (Å²) in [4.78, 5) is 2.15. The molecule has 8 heteroatoms. The molecule has 31 heavy (non-hydrogen) atoms. The van der Waals surface area contributed by atoms with E-state index < -0.39 is 9.83 Å². The molecule has 164 valence electrons. The molecule has 3 aliphatic heterocycles. The van der Waals surface area contributed by atoms with Crippen LogP contribution >= 0.6 is 34.8 Å². The van der Waals surface area contributed by atoms with E-state index in [0.717, 1.165) is 46.7 Å².